The molecule has 0 bridgehead atoms. The Hall–Kier alpha value is -5.27. The van der Waals surface area contributed by atoms with Gasteiger partial charge >= 0.3 is 11.6 Å². The first-order valence-corrected chi connectivity index (χ1v) is 12.8. The number of nitrogens with zero attached hydrogens (tertiary/aromatic N) is 5. The molecule has 0 aliphatic carbocycles. The first-order valence-electron chi connectivity index (χ1n) is 12.8. The van der Waals surface area contributed by atoms with Crippen molar-refractivity contribution in [2.75, 3.05) is 44.7 Å². The van der Waals surface area contributed by atoms with E-state index >= 15 is 0 Å². The highest BCUT2D eigenvalue weighted by Crippen LogP contribution is 2.20. The van der Waals surface area contributed by atoms with E-state index in [0.717, 1.165) is 0 Å². The van der Waals surface area contributed by atoms with Gasteiger partial charge in [0, 0.05) is 56.6 Å². The fourth-order valence-electron chi connectivity index (χ4n) is 4.60. The van der Waals surface area contributed by atoms with Gasteiger partial charge < -0.3 is 33.9 Å². The van der Waals surface area contributed by atoms with Gasteiger partial charge in [0.05, 0.1) is 19.0 Å². The summed E-state index contributed by atoms with van der Waals surface area (Å²) in [7, 11) is 1.49. The van der Waals surface area contributed by atoms with Crippen molar-refractivity contribution in [3.63, 3.8) is 0 Å². The molecule has 4 aromatic rings. The van der Waals surface area contributed by atoms with Crippen LogP contribution in [0, 0.1) is 0 Å². The molecule has 0 radical (unpaired) electrons. The maximum Gasteiger partial charge on any atom is 0.349 e. The maximum atomic E-state index is 12.8. The lowest BCUT2D eigenvalue weighted by molar-refractivity contribution is -0.130. The van der Waals surface area contributed by atoms with E-state index in [9.17, 15) is 29.1 Å². The number of pyridine rings is 1. The molecular formula is C27H26N6O8. The molecule has 1 aliphatic heterocycles. The van der Waals surface area contributed by atoms with Crippen LogP contribution in [0.4, 0.5) is 5.95 Å². The standard InChI is InChI=1S/C27H26N6O8/c1-3-31-14-19(25(37)38)22(35)18-12-29-27(30-23(18)31)33-8-6-32(7-9-33)21(34)13-28-24(36)17-10-15-4-5-16(40-2)11-20(15)41-26(17)39/h4-5,10-12,14H,3,6-9,13H2,1-2H3,(H,28,36)(H,37,38). The van der Waals surface area contributed by atoms with E-state index in [0.29, 0.717) is 55.5 Å². The molecule has 0 saturated carbocycles. The summed E-state index contributed by atoms with van der Waals surface area (Å²) in [5.41, 5.74) is -1.44. The number of benzene rings is 1. The minimum Gasteiger partial charge on any atom is -0.497 e. The van der Waals surface area contributed by atoms with Crippen molar-refractivity contribution in [3.05, 3.63) is 68.4 Å². The van der Waals surface area contributed by atoms with Crippen molar-refractivity contribution in [1.29, 1.82) is 0 Å². The number of hydrogen-bond donors (Lipinski definition) is 2. The number of carboxylic acids is 1. The zero-order valence-corrected chi connectivity index (χ0v) is 22.2. The number of anilines is 1. The van der Waals surface area contributed by atoms with Gasteiger partial charge in [0.15, 0.2) is 0 Å². The summed E-state index contributed by atoms with van der Waals surface area (Å²) < 4.78 is 11.9. The zero-order chi connectivity index (χ0) is 29.3. The van der Waals surface area contributed by atoms with Gasteiger partial charge in [-0.3, -0.25) is 14.4 Å². The lowest BCUT2D eigenvalue weighted by Crippen LogP contribution is -2.51. The molecule has 14 nitrogen and oxygen atoms in total. The lowest BCUT2D eigenvalue weighted by Gasteiger charge is -2.34. The second-order valence-electron chi connectivity index (χ2n) is 9.27. The highest BCUT2D eigenvalue weighted by Gasteiger charge is 2.25. The molecule has 1 aromatic carbocycles. The van der Waals surface area contributed by atoms with E-state index in [1.54, 1.807) is 27.7 Å². The number of rotatable bonds is 7. The molecule has 3 aromatic heterocycles. The van der Waals surface area contributed by atoms with Gasteiger partial charge in [-0.2, -0.15) is 4.98 Å². The monoisotopic (exact) mass is 562 g/mol. The van der Waals surface area contributed by atoms with Crippen LogP contribution in [0.1, 0.15) is 27.6 Å². The van der Waals surface area contributed by atoms with Crippen molar-refractivity contribution in [3.8, 4) is 5.75 Å². The second-order valence-corrected chi connectivity index (χ2v) is 9.27. The number of methoxy groups -OCH3 is 1. The number of nitrogens with one attached hydrogen (secondary N) is 1. The van der Waals surface area contributed by atoms with Gasteiger partial charge in [-0.1, -0.05) is 0 Å². The summed E-state index contributed by atoms with van der Waals surface area (Å²) in [5.74, 6) is -1.51. The van der Waals surface area contributed by atoms with E-state index in [1.807, 2.05) is 11.8 Å². The van der Waals surface area contributed by atoms with E-state index in [-0.39, 0.29) is 34.5 Å². The summed E-state index contributed by atoms with van der Waals surface area (Å²) >= 11 is 0. The van der Waals surface area contributed by atoms with Crippen molar-refractivity contribution in [1.82, 2.24) is 24.8 Å². The molecule has 41 heavy (non-hydrogen) atoms. The molecule has 0 spiro atoms. The third-order valence-corrected chi connectivity index (χ3v) is 6.88. The number of fused-ring (bicyclic) bond motifs is 2. The van der Waals surface area contributed by atoms with Crippen LogP contribution in [-0.4, -0.2) is 82.2 Å². The molecular weight excluding hydrogens is 536 g/mol. The molecule has 212 valence electrons. The molecule has 1 saturated heterocycles. The Labute approximate surface area is 231 Å². The Kier molecular flexibility index (Phi) is 7.38. The molecule has 5 rings (SSSR count). The van der Waals surface area contributed by atoms with Gasteiger partial charge in [0.25, 0.3) is 5.91 Å². The third-order valence-electron chi connectivity index (χ3n) is 6.88. The highest BCUT2D eigenvalue weighted by atomic mass is 16.5. The first-order chi connectivity index (χ1) is 19.7. The summed E-state index contributed by atoms with van der Waals surface area (Å²) in [5, 5.41) is 12.5. The smallest absolute Gasteiger partial charge is 0.349 e. The number of carboxylic acid groups (broad SMARTS) is 1. The number of amides is 2. The van der Waals surface area contributed by atoms with Gasteiger partial charge in [-0.25, -0.2) is 14.6 Å². The number of aromatic nitrogens is 3. The summed E-state index contributed by atoms with van der Waals surface area (Å²) in [6.45, 7) is 3.35. The van der Waals surface area contributed by atoms with Crippen molar-refractivity contribution < 1.29 is 28.6 Å². The number of carbonyl (C=O) groups excluding carboxylic acids is 2. The number of hydrogen-bond acceptors (Lipinski definition) is 10. The molecule has 1 aliphatic rings. The minimum atomic E-state index is -1.32. The van der Waals surface area contributed by atoms with Crippen LogP contribution < -0.4 is 26.0 Å². The fraction of sp³-hybridized carbons (Fsp3) is 0.296. The molecule has 0 atom stereocenters. The second kappa shape index (κ2) is 11.1. The topological polar surface area (TPSA) is 177 Å². The van der Waals surface area contributed by atoms with Crippen LogP contribution in [0.3, 0.4) is 0 Å². The lowest BCUT2D eigenvalue weighted by atomic mass is 10.1. The maximum absolute atomic E-state index is 12.8. The molecule has 2 amide bonds. The van der Waals surface area contributed by atoms with E-state index in [2.05, 4.69) is 15.3 Å². The Bertz CT molecular complexity index is 1810. The predicted molar refractivity (Wildman–Crippen MR) is 147 cm³/mol. The molecule has 1 fully saturated rings. The zero-order valence-electron chi connectivity index (χ0n) is 22.2. The minimum absolute atomic E-state index is 0.111. The van der Waals surface area contributed by atoms with E-state index in [4.69, 9.17) is 9.15 Å². The van der Waals surface area contributed by atoms with Gasteiger partial charge in [-0.15, -0.1) is 0 Å². The summed E-state index contributed by atoms with van der Waals surface area (Å²) in [6, 6.07) is 6.28. The molecule has 14 heteroatoms. The highest BCUT2D eigenvalue weighted by molar-refractivity contribution is 5.98. The van der Waals surface area contributed by atoms with Crippen LogP contribution >= 0.6 is 0 Å². The van der Waals surface area contributed by atoms with E-state index < -0.39 is 22.9 Å². The van der Waals surface area contributed by atoms with Crippen LogP contribution in [-0.2, 0) is 11.3 Å². The Balaban J connectivity index is 1.22. The Morgan fingerprint density at radius 1 is 1.10 bits per heavy atom. The number of piperazine rings is 1. The van der Waals surface area contributed by atoms with Gasteiger partial charge in [0.1, 0.15) is 28.1 Å². The average molecular weight is 563 g/mol. The van der Waals surface area contributed by atoms with Crippen LogP contribution in [0.25, 0.3) is 22.0 Å². The van der Waals surface area contributed by atoms with Crippen LogP contribution in [0.5, 0.6) is 5.75 Å². The number of carbonyl (C=O) groups is 3. The Morgan fingerprint density at radius 3 is 2.54 bits per heavy atom. The summed E-state index contributed by atoms with van der Waals surface area (Å²) in [6.07, 6.45) is 2.60. The largest absolute Gasteiger partial charge is 0.497 e. The summed E-state index contributed by atoms with van der Waals surface area (Å²) in [4.78, 5) is 74.0. The molecule has 4 heterocycles. The number of ether oxygens (including phenoxy) is 1. The third kappa shape index (κ3) is 5.31. The quantitative estimate of drug-likeness (QED) is 0.303. The Morgan fingerprint density at radius 2 is 1.85 bits per heavy atom. The van der Waals surface area contributed by atoms with E-state index in [1.165, 1.54) is 25.6 Å². The van der Waals surface area contributed by atoms with Crippen molar-refractivity contribution in [2.24, 2.45) is 0 Å². The SMILES string of the molecule is CCn1cc(C(=O)O)c(=O)c2cnc(N3CCN(C(=O)CNC(=O)c4cc5ccc(OC)cc5oc4=O)CC3)nc21. The number of aromatic carboxylic acids is 1. The van der Waals surface area contributed by atoms with Crippen LogP contribution in [0.15, 0.2) is 50.7 Å². The van der Waals surface area contributed by atoms with Gasteiger partial charge in [-0.05, 0) is 25.1 Å². The fourth-order valence-corrected chi connectivity index (χ4v) is 4.60. The molecule has 2 N–H and O–H groups in total. The predicted octanol–water partition coefficient (Wildman–Crippen LogP) is 0.703. The average Bonchev–Trinajstić information content (AvgIpc) is 2.99. The number of aryl methyl sites for hydroxylation is 1. The van der Waals surface area contributed by atoms with Crippen molar-refractivity contribution >= 4 is 45.7 Å². The first kappa shape index (κ1) is 27.3. The van der Waals surface area contributed by atoms with Crippen LogP contribution in [0.2, 0.25) is 0 Å². The van der Waals surface area contributed by atoms with Crippen molar-refractivity contribution in [2.45, 2.75) is 13.5 Å². The normalized spacial score (nSPS) is 13.4. The van der Waals surface area contributed by atoms with Gasteiger partial charge in [0.2, 0.25) is 17.3 Å². The molecule has 0 unspecified atom stereocenters.